The standard InChI is InChI=1S/C24H22BrN3O4S/c25-19-6-8-20(9-7-19)28-23(29)16-22(24(28)30)26-11-13-27(14-12-26)33(31,32)21-10-5-17-3-1-2-4-18(17)15-21/h1-10,15,22H,11-14,16H2. The van der Waals surface area contributed by atoms with Crippen molar-refractivity contribution in [3.8, 4) is 0 Å². The summed E-state index contributed by atoms with van der Waals surface area (Å²) in [4.78, 5) is 29.1. The van der Waals surface area contributed by atoms with E-state index in [1.807, 2.05) is 35.2 Å². The first-order chi connectivity index (χ1) is 15.8. The molecule has 2 aliphatic rings. The minimum absolute atomic E-state index is 0.103. The van der Waals surface area contributed by atoms with E-state index in [0.717, 1.165) is 15.2 Å². The van der Waals surface area contributed by atoms with Crippen LogP contribution < -0.4 is 4.90 Å². The van der Waals surface area contributed by atoms with Crippen LogP contribution in [0, 0.1) is 0 Å². The van der Waals surface area contributed by atoms with Crippen LogP contribution in [0.15, 0.2) is 76.1 Å². The van der Waals surface area contributed by atoms with Crippen LogP contribution in [0.25, 0.3) is 10.8 Å². The average molecular weight is 528 g/mol. The fourth-order valence-corrected chi connectivity index (χ4v) is 6.22. The lowest BCUT2D eigenvalue weighted by Crippen LogP contribution is -2.53. The highest BCUT2D eigenvalue weighted by atomic mass is 79.9. The van der Waals surface area contributed by atoms with Gasteiger partial charge in [0.2, 0.25) is 15.9 Å². The summed E-state index contributed by atoms with van der Waals surface area (Å²) in [5, 5.41) is 1.86. The van der Waals surface area contributed by atoms with Crippen LogP contribution in [0.5, 0.6) is 0 Å². The predicted molar refractivity (Wildman–Crippen MR) is 129 cm³/mol. The lowest BCUT2D eigenvalue weighted by molar-refractivity contribution is -0.123. The average Bonchev–Trinajstić information content (AvgIpc) is 3.13. The van der Waals surface area contributed by atoms with Crippen LogP contribution in [-0.4, -0.2) is 61.7 Å². The maximum atomic E-state index is 13.2. The van der Waals surface area contributed by atoms with E-state index in [9.17, 15) is 18.0 Å². The largest absolute Gasteiger partial charge is 0.289 e. The molecule has 33 heavy (non-hydrogen) atoms. The summed E-state index contributed by atoms with van der Waals surface area (Å²) in [6, 6.07) is 19.3. The minimum atomic E-state index is -3.64. The van der Waals surface area contributed by atoms with Crippen LogP contribution in [0.2, 0.25) is 0 Å². The van der Waals surface area contributed by atoms with Crippen molar-refractivity contribution in [3.63, 3.8) is 0 Å². The topological polar surface area (TPSA) is 78.0 Å². The number of fused-ring (bicyclic) bond motifs is 1. The highest BCUT2D eigenvalue weighted by Gasteiger charge is 2.44. The van der Waals surface area contributed by atoms with Gasteiger partial charge in [-0.25, -0.2) is 13.3 Å². The highest BCUT2D eigenvalue weighted by molar-refractivity contribution is 9.10. The maximum Gasteiger partial charge on any atom is 0.251 e. The molecule has 2 amide bonds. The SMILES string of the molecule is O=C1CC(N2CCN(S(=O)(=O)c3ccc4ccccc4c3)CC2)C(=O)N1c1ccc(Br)cc1. The van der Waals surface area contributed by atoms with Crippen LogP contribution >= 0.6 is 15.9 Å². The third-order valence-corrected chi connectivity index (χ3v) is 8.70. The Kier molecular flexibility index (Phi) is 5.82. The maximum absolute atomic E-state index is 13.2. The Morgan fingerprint density at radius 1 is 0.818 bits per heavy atom. The third-order valence-electron chi connectivity index (χ3n) is 6.28. The Morgan fingerprint density at radius 2 is 1.48 bits per heavy atom. The molecule has 0 N–H and O–H groups in total. The van der Waals surface area contributed by atoms with Crippen molar-refractivity contribution in [2.75, 3.05) is 31.1 Å². The quantitative estimate of drug-likeness (QED) is 0.486. The van der Waals surface area contributed by atoms with Crippen molar-refractivity contribution < 1.29 is 18.0 Å². The number of imide groups is 1. The van der Waals surface area contributed by atoms with Crippen molar-refractivity contribution in [1.82, 2.24) is 9.21 Å². The first-order valence-electron chi connectivity index (χ1n) is 10.7. The number of hydrogen-bond acceptors (Lipinski definition) is 5. The van der Waals surface area contributed by atoms with E-state index >= 15 is 0 Å². The lowest BCUT2D eigenvalue weighted by atomic mass is 10.1. The van der Waals surface area contributed by atoms with Gasteiger partial charge in [0.15, 0.2) is 0 Å². The fraction of sp³-hybridized carbons (Fsp3) is 0.250. The van der Waals surface area contributed by atoms with Gasteiger partial charge in [-0.3, -0.25) is 14.5 Å². The summed E-state index contributed by atoms with van der Waals surface area (Å²) >= 11 is 3.36. The molecule has 3 aromatic carbocycles. The number of halogens is 1. The molecular formula is C24H22BrN3O4S. The van der Waals surface area contributed by atoms with Crippen molar-refractivity contribution in [2.24, 2.45) is 0 Å². The Balaban J connectivity index is 1.29. The summed E-state index contributed by atoms with van der Waals surface area (Å²) < 4.78 is 28.8. The number of nitrogens with zero attached hydrogens (tertiary/aromatic N) is 3. The molecular weight excluding hydrogens is 506 g/mol. The Bertz CT molecular complexity index is 1340. The zero-order chi connectivity index (χ0) is 23.2. The number of carbonyl (C=O) groups is 2. The van der Waals surface area contributed by atoms with E-state index in [1.165, 1.54) is 9.21 Å². The number of anilines is 1. The van der Waals surface area contributed by atoms with Gasteiger partial charge >= 0.3 is 0 Å². The molecule has 2 aliphatic heterocycles. The number of amides is 2. The highest BCUT2D eigenvalue weighted by Crippen LogP contribution is 2.29. The number of benzene rings is 3. The number of hydrogen-bond donors (Lipinski definition) is 0. The Morgan fingerprint density at radius 3 is 2.18 bits per heavy atom. The van der Waals surface area contributed by atoms with Crippen molar-refractivity contribution >= 4 is 54.2 Å². The van der Waals surface area contributed by atoms with Crippen LogP contribution in [0.4, 0.5) is 5.69 Å². The molecule has 1 atom stereocenters. The monoisotopic (exact) mass is 527 g/mol. The zero-order valence-electron chi connectivity index (χ0n) is 17.7. The Hall–Kier alpha value is -2.59. The second kappa shape index (κ2) is 8.64. The number of sulfonamides is 1. The summed E-state index contributed by atoms with van der Waals surface area (Å²) in [6.07, 6.45) is 0.103. The molecule has 5 rings (SSSR count). The lowest BCUT2D eigenvalue weighted by Gasteiger charge is -2.36. The Labute approximate surface area is 200 Å². The third kappa shape index (κ3) is 4.10. The second-order valence-corrected chi connectivity index (χ2v) is 11.1. The summed E-state index contributed by atoms with van der Waals surface area (Å²) in [5.74, 6) is -0.494. The zero-order valence-corrected chi connectivity index (χ0v) is 20.1. The molecule has 2 saturated heterocycles. The van der Waals surface area contributed by atoms with E-state index in [-0.39, 0.29) is 36.2 Å². The van der Waals surface area contributed by atoms with E-state index < -0.39 is 16.1 Å². The van der Waals surface area contributed by atoms with Gasteiger partial charge in [-0.2, -0.15) is 4.31 Å². The van der Waals surface area contributed by atoms with Crippen LogP contribution in [-0.2, 0) is 19.6 Å². The van der Waals surface area contributed by atoms with Gasteiger partial charge in [-0.05, 0) is 47.2 Å². The number of rotatable bonds is 4. The first kappa shape index (κ1) is 22.2. The molecule has 0 saturated carbocycles. The fourth-order valence-electron chi connectivity index (χ4n) is 4.50. The van der Waals surface area contributed by atoms with E-state index in [2.05, 4.69) is 15.9 Å². The molecule has 0 spiro atoms. The first-order valence-corrected chi connectivity index (χ1v) is 12.9. The molecule has 2 fully saturated rings. The van der Waals surface area contributed by atoms with Gasteiger partial charge in [-0.1, -0.05) is 46.3 Å². The van der Waals surface area contributed by atoms with E-state index in [1.54, 1.807) is 36.4 Å². The van der Waals surface area contributed by atoms with Gasteiger partial charge < -0.3 is 0 Å². The molecule has 2 heterocycles. The van der Waals surface area contributed by atoms with E-state index in [4.69, 9.17) is 0 Å². The predicted octanol–water partition coefficient (Wildman–Crippen LogP) is 3.24. The van der Waals surface area contributed by atoms with Crippen LogP contribution in [0.1, 0.15) is 6.42 Å². The molecule has 1 unspecified atom stereocenters. The molecule has 3 aromatic rings. The molecule has 170 valence electrons. The van der Waals surface area contributed by atoms with Crippen molar-refractivity contribution in [2.45, 2.75) is 17.4 Å². The molecule has 9 heteroatoms. The molecule has 0 bridgehead atoms. The summed E-state index contributed by atoms with van der Waals surface area (Å²) in [5.41, 5.74) is 0.549. The normalized spacial score (nSPS) is 20.6. The van der Waals surface area contributed by atoms with Gasteiger partial charge in [0.25, 0.3) is 5.91 Å². The van der Waals surface area contributed by atoms with Crippen molar-refractivity contribution in [3.05, 3.63) is 71.2 Å². The number of carbonyl (C=O) groups excluding carboxylic acids is 2. The summed E-state index contributed by atoms with van der Waals surface area (Å²) in [6.45, 7) is 1.33. The van der Waals surface area contributed by atoms with E-state index in [0.29, 0.717) is 18.8 Å². The van der Waals surface area contributed by atoms with Crippen LogP contribution in [0.3, 0.4) is 0 Å². The molecule has 0 aromatic heterocycles. The van der Waals surface area contributed by atoms with Gasteiger partial charge in [0, 0.05) is 30.7 Å². The van der Waals surface area contributed by atoms with Gasteiger partial charge in [0.1, 0.15) is 0 Å². The summed E-state index contributed by atoms with van der Waals surface area (Å²) in [7, 11) is -3.64. The second-order valence-electron chi connectivity index (χ2n) is 8.21. The molecule has 0 radical (unpaired) electrons. The molecule has 0 aliphatic carbocycles. The minimum Gasteiger partial charge on any atom is -0.289 e. The smallest absolute Gasteiger partial charge is 0.251 e. The van der Waals surface area contributed by atoms with Crippen molar-refractivity contribution in [1.29, 1.82) is 0 Å². The molecule has 7 nitrogen and oxygen atoms in total. The van der Waals surface area contributed by atoms with Gasteiger partial charge in [-0.15, -0.1) is 0 Å². The number of piperazine rings is 1. The van der Waals surface area contributed by atoms with Gasteiger partial charge in [0.05, 0.1) is 23.0 Å².